The van der Waals surface area contributed by atoms with Crippen LogP contribution in [0.25, 0.3) is 27.5 Å². The average Bonchev–Trinajstić information content (AvgIpc) is 3.20. The fourth-order valence-corrected chi connectivity index (χ4v) is 3.81. The van der Waals surface area contributed by atoms with Gasteiger partial charge in [0.05, 0.1) is 10.6 Å². The average molecular weight is 319 g/mol. The van der Waals surface area contributed by atoms with Crippen LogP contribution < -0.4 is 0 Å². The Kier molecular flexibility index (Phi) is 3.67. The zero-order valence-corrected chi connectivity index (χ0v) is 13.8. The summed E-state index contributed by atoms with van der Waals surface area (Å²) < 4.78 is 2.16. The predicted octanol–water partition coefficient (Wildman–Crippen LogP) is 5.08. The molecule has 4 rings (SSSR count). The molecule has 0 aliphatic rings. The molecule has 0 aliphatic heterocycles. The summed E-state index contributed by atoms with van der Waals surface area (Å²) in [5, 5.41) is 2.25. The normalized spacial score (nSPS) is 11.2. The molecule has 4 heterocycles. The van der Waals surface area contributed by atoms with Crippen LogP contribution >= 0.6 is 11.3 Å². The highest BCUT2D eigenvalue weighted by Crippen LogP contribution is 2.36. The van der Waals surface area contributed by atoms with Crippen LogP contribution in [0.2, 0.25) is 0 Å². The van der Waals surface area contributed by atoms with Crippen molar-refractivity contribution in [2.45, 2.75) is 19.8 Å². The molecule has 0 N–H and O–H groups in total. The lowest BCUT2D eigenvalue weighted by atomic mass is 10.1. The lowest BCUT2D eigenvalue weighted by Gasteiger charge is -2.03. The van der Waals surface area contributed by atoms with Crippen LogP contribution in [0.3, 0.4) is 0 Å². The van der Waals surface area contributed by atoms with E-state index in [9.17, 15) is 0 Å². The van der Waals surface area contributed by atoms with Crippen LogP contribution in [0, 0.1) is 0 Å². The summed E-state index contributed by atoms with van der Waals surface area (Å²) in [5.74, 6) is 0. The van der Waals surface area contributed by atoms with Gasteiger partial charge in [-0.15, -0.1) is 11.3 Å². The fraction of sp³-hybridized carbons (Fsp3) is 0.158. The molecular weight excluding hydrogens is 302 g/mol. The fourth-order valence-electron chi connectivity index (χ4n) is 2.87. The number of pyridine rings is 2. The smallest absolute Gasteiger partial charge is 0.137 e. The first kappa shape index (κ1) is 14.2. The highest BCUT2D eigenvalue weighted by molar-refractivity contribution is 7.13. The van der Waals surface area contributed by atoms with Gasteiger partial charge in [0.1, 0.15) is 11.3 Å². The van der Waals surface area contributed by atoms with Crippen LogP contribution in [0.5, 0.6) is 0 Å². The molecule has 0 spiro atoms. The Balaban J connectivity index is 1.95. The van der Waals surface area contributed by atoms with Gasteiger partial charge in [-0.05, 0) is 47.7 Å². The van der Waals surface area contributed by atoms with Gasteiger partial charge in [-0.25, -0.2) is 4.98 Å². The molecule has 0 atom stereocenters. The Hall–Kier alpha value is -2.46. The van der Waals surface area contributed by atoms with Gasteiger partial charge in [0.15, 0.2) is 0 Å². The molecule has 0 saturated heterocycles. The highest BCUT2D eigenvalue weighted by Gasteiger charge is 2.17. The molecule has 4 heteroatoms. The van der Waals surface area contributed by atoms with Crippen molar-refractivity contribution in [2.24, 2.45) is 0 Å². The molecule has 4 aromatic rings. The van der Waals surface area contributed by atoms with Crippen molar-refractivity contribution in [3.8, 4) is 21.8 Å². The minimum absolute atomic E-state index is 0.972. The van der Waals surface area contributed by atoms with Crippen molar-refractivity contribution in [1.82, 2.24) is 14.4 Å². The van der Waals surface area contributed by atoms with Crippen molar-refractivity contribution in [1.29, 1.82) is 0 Å². The molecule has 3 nitrogen and oxygen atoms in total. The Morgan fingerprint density at radius 3 is 2.83 bits per heavy atom. The first-order valence-electron chi connectivity index (χ1n) is 7.82. The quantitative estimate of drug-likeness (QED) is 0.525. The largest absolute Gasteiger partial charge is 0.299 e. The molecule has 23 heavy (non-hydrogen) atoms. The van der Waals surface area contributed by atoms with E-state index in [2.05, 4.69) is 40.0 Å². The molecule has 0 radical (unpaired) electrons. The number of aryl methyl sites for hydroxylation is 1. The summed E-state index contributed by atoms with van der Waals surface area (Å²) in [6, 6.07) is 12.5. The van der Waals surface area contributed by atoms with Crippen LogP contribution in [0.1, 0.15) is 18.9 Å². The Morgan fingerprint density at radius 1 is 1.13 bits per heavy atom. The third-order valence-electron chi connectivity index (χ3n) is 3.91. The second-order valence-corrected chi connectivity index (χ2v) is 6.45. The van der Waals surface area contributed by atoms with Gasteiger partial charge in [-0.3, -0.25) is 9.38 Å². The van der Waals surface area contributed by atoms with E-state index < -0.39 is 0 Å². The number of hydrogen-bond acceptors (Lipinski definition) is 3. The van der Waals surface area contributed by atoms with E-state index >= 15 is 0 Å². The summed E-state index contributed by atoms with van der Waals surface area (Å²) >= 11 is 1.78. The van der Waals surface area contributed by atoms with Gasteiger partial charge in [0.2, 0.25) is 0 Å². The number of imidazole rings is 1. The first-order valence-corrected chi connectivity index (χ1v) is 8.70. The maximum absolute atomic E-state index is 4.89. The number of rotatable bonds is 4. The molecule has 0 saturated carbocycles. The van der Waals surface area contributed by atoms with Crippen molar-refractivity contribution < 1.29 is 0 Å². The van der Waals surface area contributed by atoms with E-state index in [-0.39, 0.29) is 0 Å². The van der Waals surface area contributed by atoms with Crippen LogP contribution in [-0.4, -0.2) is 14.4 Å². The summed E-state index contributed by atoms with van der Waals surface area (Å²) in [6.45, 7) is 2.21. The molecule has 0 amide bonds. The number of aromatic nitrogens is 3. The molecular formula is C19H17N3S. The van der Waals surface area contributed by atoms with E-state index in [0.29, 0.717) is 0 Å². The predicted molar refractivity (Wildman–Crippen MR) is 95.7 cm³/mol. The van der Waals surface area contributed by atoms with Gasteiger partial charge < -0.3 is 0 Å². The number of nitrogens with zero attached hydrogens (tertiary/aromatic N) is 3. The van der Waals surface area contributed by atoms with E-state index in [1.54, 1.807) is 11.3 Å². The van der Waals surface area contributed by atoms with E-state index in [0.717, 1.165) is 29.0 Å². The molecule has 0 bridgehead atoms. The van der Waals surface area contributed by atoms with Crippen molar-refractivity contribution in [3.05, 3.63) is 65.9 Å². The first-order chi connectivity index (χ1) is 11.4. The third kappa shape index (κ3) is 2.55. The van der Waals surface area contributed by atoms with Gasteiger partial charge in [-0.1, -0.05) is 19.4 Å². The van der Waals surface area contributed by atoms with Crippen LogP contribution in [-0.2, 0) is 6.42 Å². The van der Waals surface area contributed by atoms with Gasteiger partial charge >= 0.3 is 0 Å². The van der Waals surface area contributed by atoms with E-state index in [4.69, 9.17) is 4.98 Å². The standard InChI is InChI=1S/C19H17N3S/c1-2-5-14-12-16(23-13-14)18-19(15-7-9-20-10-8-15)22-11-4-3-6-17(22)21-18/h3-4,6-13H,2,5H2,1H3. The minimum Gasteiger partial charge on any atom is -0.299 e. The third-order valence-corrected chi connectivity index (χ3v) is 4.90. The van der Waals surface area contributed by atoms with E-state index in [1.165, 1.54) is 16.9 Å². The zero-order chi connectivity index (χ0) is 15.6. The maximum atomic E-state index is 4.89. The number of thiophene rings is 1. The summed E-state index contributed by atoms with van der Waals surface area (Å²) in [6.07, 6.45) is 8.02. The summed E-state index contributed by atoms with van der Waals surface area (Å²) in [5.41, 5.74) is 5.69. The Labute approximate surface area is 139 Å². The van der Waals surface area contributed by atoms with Crippen LogP contribution in [0.15, 0.2) is 60.4 Å². The number of hydrogen-bond donors (Lipinski definition) is 0. The van der Waals surface area contributed by atoms with Crippen molar-refractivity contribution in [3.63, 3.8) is 0 Å². The minimum atomic E-state index is 0.972. The highest BCUT2D eigenvalue weighted by atomic mass is 32.1. The van der Waals surface area contributed by atoms with Gasteiger partial charge in [0.25, 0.3) is 0 Å². The van der Waals surface area contributed by atoms with Crippen LogP contribution in [0.4, 0.5) is 0 Å². The second-order valence-electron chi connectivity index (χ2n) is 5.54. The maximum Gasteiger partial charge on any atom is 0.137 e. The molecule has 4 aromatic heterocycles. The summed E-state index contributed by atoms with van der Waals surface area (Å²) in [4.78, 5) is 10.3. The second kappa shape index (κ2) is 5.97. The van der Waals surface area contributed by atoms with Crippen molar-refractivity contribution in [2.75, 3.05) is 0 Å². The van der Waals surface area contributed by atoms with Crippen molar-refractivity contribution >= 4 is 17.0 Å². The lowest BCUT2D eigenvalue weighted by Crippen LogP contribution is -1.88. The Morgan fingerprint density at radius 2 is 2.00 bits per heavy atom. The Bertz CT molecular complexity index is 938. The number of fused-ring (bicyclic) bond motifs is 1. The van der Waals surface area contributed by atoms with E-state index in [1.807, 2.05) is 36.7 Å². The van der Waals surface area contributed by atoms with Gasteiger partial charge in [0, 0.05) is 24.2 Å². The van der Waals surface area contributed by atoms with Gasteiger partial charge in [-0.2, -0.15) is 0 Å². The zero-order valence-electron chi connectivity index (χ0n) is 12.9. The monoisotopic (exact) mass is 319 g/mol. The molecule has 0 aromatic carbocycles. The molecule has 0 aliphatic carbocycles. The summed E-state index contributed by atoms with van der Waals surface area (Å²) in [7, 11) is 0. The molecule has 114 valence electrons. The lowest BCUT2D eigenvalue weighted by molar-refractivity contribution is 0.927. The molecule has 0 unspecified atom stereocenters. The molecule has 0 fully saturated rings. The SMILES string of the molecule is CCCc1csc(-c2nc3ccccn3c2-c2ccncc2)c1. The topological polar surface area (TPSA) is 30.2 Å².